The molecule has 0 radical (unpaired) electrons. The van der Waals surface area contributed by atoms with Crippen molar-refractivity contribution in [2.24, 2.45) is 5.73 Å². The Morgan fingerprint density at radius 2 is 2.67 bits per heavy atom. The zero-order chi connectivity index (χ0) is 4.41. The van der Waals surface area contributed by atoms with Gasteiger partial charge in [0.1, 0.15) is 6.23 Å². The summed E-state index contributed by atoms with van der Waals surface area (Å²) in [7, 11) is 0. The Morgan fingerprint density at radius 1 is 1.83 bits per heavy atom. The number of thioether (sulfide) groups is 1. The van der Waals surface area contributed by atoms with E-state index in [9.17, 15) is 0 Å². The maximum Gasteiger partial charge on any atom is 0.115 e. The molecule has 3 heteroatoms. The quantitative estimate of drug-likeness (QED) is 0.470. The smallest absolute Gasteiger partial charge is 0.115 e. The largest absolute Gasteiger partial charge is 0.352 e. The number of hydrogen-bond donors (Lipinski definition) is 1. The molecule has 0 aromatic carbocycles. The SMILES string of the molecule is NC1CSCO1. The fourth-order valence-electron chi connectivity index (χ4n) is 0.348. The van der Waals surface area contributed by atoms with Crippen molar-refractivity contribution < 1.29 is 4.74 Å². The first kappa shape index (κ1) is 4.43. The van der Waals surface area contributed by atoms with Crippen LogP contribution in [0.1, 0.15) is 0 Å². The fourth-order valence-corrected chi connectivity index (χ4v) is 1.04. The van der Waals surface area contributed by atoms with Gasteiger partial charge < -0.3 is 10.5 Å². The number of ether oxygens (including phenoxy) is 1. The van der Waals surface area contributed by atoms with E-state index < -0.39 is 0 Å². The number of hydrogen-bond acceptors (Lipinski definition) is 3. The van der Waals surface area contributed by atoms with E-state index in [-0.39, 0.29) is 6.23 Å². The van der Waals surface area contributed by atoms with Gasteiger partial charge in [-0.25, -0.2) is 0 Å². The summed E-state index contributed by atoms with van der Waals surface area (Å²) in [6.45, 7) is 0. The number of nitrogens with two attached hydrogens (primary N) is 1. The minimum absolute atomic E-state index is 0.00926. The molecule has 0 aliphatic carbocycles. The molecule has 6 heavy (non-hydrogen) atoms. The lowest BCUT2D eigenvalue weighted by atomic mass is 10.7. The minimum atomic E-state index is 0.00926. The highest BCUT2D eigenvalue weighted by atomic mass is 32.2. The molecule has 2 N–H and O–H groups in total. The lowest BCUT2D eigenvalue weighted by molar-refractivity contribution is 0.130. The van der Waals surface area contributed by atoms with Crippen LogP contribution in [0.25, 0.3) is 0 Å². The predicted molar refractivity (Wildman–Crippen MR) is 26.4 cm³/mol. The summed E-state index contributed by atoms with van der Waals surface area (Å²) in [5.74, 6) is 1.74. The maximum atomic E-state index is 5.29. The first-order chi connectivity index (χ1) is 2.89. The second-order valence-corrected chi connectivity index (χ2v) is 2.17. The zero-order valence-corrected chi connectivity index (χ0v) is 4.20. The predicted octanol–water partition coefficient (Wildman–Crippen LogP) is -0.00790. The van der Waals surface area contributed by atoms with E-state index in [2.05, 4.69) is 0 Å². The van der Waals surface area contributed by atoms with Gasteiger partial charge in [-0.05, 0) is 0 Å². The Balaban J connectivity index is 2.18. The molecule has 1 saturated heterocycles. The Hall–Kier alpha value is 0.270. The normalized spacial score (nSPS) is 34.5. The van der Waals surface area contributed by atoms with Crippen molar-refractivity contribution in [3.8, 4) is 0 Å². The van der Waals surface area contributed by atoms with Crippen LogP contribution in [0, 0.1) is 0 Å². The second-order valence-electron chi connectivity index (χ2n) is 1.19. The van der Waals surface area contributed by atoms with Crippen LogP contribution in [-0.2, 0) is 4.74 Å². The van der Waals surface area contributed by atoms with Gasteiger partial charge in [0.25, 0.3) is 0 Å². The highest BCUT2D eigenvalue weighted by Gasteiger charge is 2.08. The van der Waals surface area contributed by atoms with Crippen LogP contribution in [0.5, 0.6) is 0 Å². The van der Waals surface area contributed by atoms with Crippen molar-refractivity contribution in [3.63, 3.8) is 0 Å². The molecule has 36 valence electrons. The van der Waals surface area contributed by atoms with Crippen LogP contribution in [0.2, 0.25) is 0 Å². The van der Waals surface area contributed by atoms with Gasteiger partial charge in [-0.1, -0.05) is 0 Å². The van der Waals surface area contributed by atoms with Crippen LogP contribution in [0.3, 0.4) is 0 Å². The molecule has 1 atom stereocenters. The van der Waals surface area contributed by atoms with Crippen LogP contribution >= 0.6 is 11.8 Å². The van der Waals surface area contributed by atoms with Gasteiger partial charge in [0.15, 0.2) is 0 Å². The standard InChI is InChI=1S/C3H7NOS/c4-3-1-6-2-5-3/h3H,1-2,4H2. The molecule has 0 aromatic rings. The van der Waals surface area contributed by atoms with Gasteiger partial charge in [0, 0.05) is 5.75 Å². The van der Waals surface area contributed by atoms with E-state index in [0.717, 1.165) is 11.7 Å². The average molecular weight is 105 g/mol. The summed E-state index contributed by atoms with van der Waals surface area (Å²) in [6, 6.07) is 0. The zero-order valence-electron chi connectivity index (χ0n) is 3.39. The molecule has 0 saturated carbocycles. The minimum Gasteiger partial charge on any atom is -0.352 e. The maximum absolute atomic E-state index is 5.29. The van der Waals surface area contributed by atoms with Gasteiger partial charge in [0.2, 0.25) is 0 Å². The van der Waals surface area contributed by atoms with Crippen molar-refractivity contribution in [2.45, 2.75) is 6.23 Å². The van der Waals surface area contributed by atoms with Crippen molar-refractivity contribution >= 4 is 11.8 Å². The van der Waals surface area contributed by atoms with Gasteiger partial charge in [-0.2, -0.15) is 0 Å². The van der Waals surface area contributed by atoms with Crippen LogP contribution in [0.4, 0.5) is 0 Å². The van der Waals surface area contributed by atoms with E-state index in [1.165, 1.54) is 0 Å². The summed E-state index contributed by atoms with van der Waals surface area (Å²) >= 11 is 1.73. The van der Waals surface area contributed by atoms with Gasteiger partial charge in [-0.15, -0.1) is 11.8 Å². The van der Waals surface area contributed by atoms with E-state index in [0.29, 0.717) is 0 Å². The summed E-state index contributed by atoms with van der Waals surface area (Å²) in [4.78, 5) is 0. The molecule has 1 heterocycles. The molecule has 1 aliphatic heterocycles. The molecule has 1 fully saturated rings. The third kappa shape index (κ3) is 0.864. The van der Waals surface area contributed by atoms with Crippen LogP contribution in [-0.4, -0.2) is 17.9 Å². The lowest BCUT2D eigenvalue weighted by Gasteiger charge is -1.93. The second kappa shape index (κ2) is 1.82. The highest BCUT2D eigenvalue weighted by Crippen LogP contribution is 2.10. The molecular formula is C3H7NOS. The molecular weight excluding hydrogens is 98.1 g/mol. The number of rotatable bonds is 0. The monoisotopic (exact) mass is 105 g/mol. The van der Waals surface area contributed by atoms with Crippen molar-refractivity contribution in [1.29, 1.82) is 0 Å². The molecule has 1 rings (SSSR count). The lowest BCUT2D eigenvalue weighted by Crippen LogP contribution is -2.19. The molecule has 1 aliphatic rings. The molecule has 0 amide bonds. The Bertz CT molecular complexity index is 44.1. The van der Waals surface area contributed by atoms with Crippen molar-refractivity contribution in [1.82, 2.24) is 0 Å². The van der Waals surface area contributed by atoms with E-state index in [1.54, 1.807) is 11.8 Å². The summed E-state index contributed by atoms with van der Waals surface area (Å²) in [5.41, 5.74) is 5.29. The topological polar surface area (TPSA) is 35.2 Å². The summed E-state index contributed by atoms with van der Waals surface area (Å²) < 4.78 is 4.89. The van der Waals surface area contributed by atoms with Gasteiger partial charge in [0.05, 0.1) is 5.94 Å². The summed E-state index contributed by atoms with van der Waals surface area (Å²) in [5, 5.41) is 0. The van der Waals surface area contributed by atoms with Crippen molar-refractivity contribution in [3.05, 3.63) is 0 Å². The van der Waals surface area contributed by atoms with E-state index >= 15 is 0 Å². The molecule has 1 unspecified atom stereocenters. The molecule has 2 nitrogen and oxygen atoms in total. The van der Waals surface area contributed by atoms with Gasteiger partial charge in [-0.3, -0.25) is 0 Å². The first-order valence-corrected chi connectivity index (χ1v) is 3.00. The van der Waals surface area contributed by atoms with Gasteiger partial charge >= 0.3 is 0 Å². The van der Waals surface area contributed by atoms with E-state index in [1.807, 2.05) is 0 Å². The first-order valence-electron chi connectivity index (χ1n) is 1.84. The van der Waals surface area contributed by atoms with Crippen LogP contribution < -0.4 is 5.73 Å². The highest BCUT2D eigenvalue weighted by molar-refractivity contribution is 7.99. The van der Waals surface area contributed by atoms with E-state index in [4.69, 9.17) is 10.5 Å². The third-order valence-electron chi connectivity index (χ3n) is 0.648. The average Bonchev–Trinajstić information content (AvgIpc) is 1.86. The summed E-state index contributed by atoms with van der Waals surface area (Å²) in [6.07, 6.45) is 0.00926. The Labute approximate surface area is 41.0 Å². The van der Waals surface area contributed by atoms with Crippen LogP contribution in [0.15, 0.2) is 0 Å². The Kier molecular flexibility index (Phi) is 1.34. The fraction of sp³-hybridized carbons (Fsp3) is 1.00. The third-order valence-corrected chi connectivity index (χ3v) is 1.51. The molecule has 0 spiro atoms. The molecule has 0 aromatic heterocycles. The molecule has 0 bridgehead atoms. The van der Waals surface area contributed by atoms with Crippen molar-refractivity contribution in [2.75, 3.05) is 11.7 Å². The Morgan fingerprint density at radius 3 is 2.83 bits per heavy atom.